The van der Waals surface area contributed by atoms with Gasteiger partial charge in [-0.1, -0.05) is 0 Å². The zero-order valence-corrected chi connectivity index (χ0v) is 13.7. The van der Waals surface area contributed by atoms with Gasteiger partial charge in [-0.25, -0.2) is 9.97 Å². The highest BCUT2D eigenvalue weighted by Crippen LogP contribution is 2.20. The summed E-state index contributed by atoms with van der Waals surface area (Å²) in [5.41, 5.74) is 1.66. The molecule has 0 aliphatic heterocycles. The fourth-order valence-electron chi connectivity index (χ4n) is 1.89. The summed E-state index contributed by atoms with van der Waals surface area (Å²) in [4.78, 5) is 10.6. The van der Waals surface area contributed by atoms with E-state index >= 15 is 0 Å². The van der Waals surface area contributed by atoms with Crippen LogP contribution in [0.2, 0.25) is 0 Å². The van der Waals surface area contributed by atoms with Gasteiger partial charge in [0.05, 0.1) is 0 Å². The van der Waals surface area contributed by atoms with E-state index in [1.165, 1.54) is 6.20 Å². The van der Waals surface area contributed by atoms with E-state index in [9.17, 15) is 0 Å². The average molecular weight is 319 g/mol. The Morgan fingerprint density at radius 3 is 2.29 bits per heavy atom. The third kappa shape index (κ3) is 4.46. The molecule has 1 aromatic carbocycles. The second kappa shape index (κ2) is 7.61. The van der Waals surface area contributed by atoms with Gasteiger partial charge in [0.15, 0.2) is 0 Å². The Hall–Kier alpha value is -3.58. The van der Waals surface area contributed by atoms with Crippen molar-refractivity contribution >= 4 is 23.0 Å². The first kappa shape index (κ1) is 16.8. The maximum absolute atomic E-state index is 8.69. The second-order valence-corrected chi connectivity index (χ2v) is 5.18. The molecule has 120 valence electrons. The molecule has 0 bridgehead atoms. The van der Waals surface area contributed by atoms with Crippen LogP contribution in [0.5, 0.6) is 0 Å². The maximum Gasteiger partial charge on any atom is 0.145 e. The highest BCUT2D eigenvalue weighted by molar-refractivity contribution is 5.63. The Balaban J connectivity index is 2.11. The lowest BCUT2D eigenvalue weighted by atomic mass is 10.2. The maximum atomic E-state index is 8.69. The Morgan fingerprint density at radius 2 is 1.71 bits per heavy atom. The van der Waals surface area contributed by atoms with E-state index in [0.717, 1.165) is 17.2 Å². The molecule has 0 unspecified atom stereocenters. The van der Waals surface area contributed by atoms with E-state index < -0.39 is 0 Å². The van der Waals surface area contributed by atoms with Crippen LogP contribution in [0.25, 0.3) is 0 Å². The minimum Gasteiger partial charge on any atom is -0.363 e. The summed E-state index contributed by atoms with van der Waals surface area (Å²) >= 11 is 0. The van der Waals surface area contributed by atoms with Crippen LogP contribution >= 0.6 is 0 Å². The quantitative estimate of drug-likeness (QED) is 0.817. The van der Waals surface area contributed by atoms with Crippen molar-refractivity contribution in [2.45, 2.75) is 6.92 Å². The summed E-state index contributed by atoms with van der Waals surface area (Å²) in [6.07, 6.45) is 1.37. The highest BCUT2D eigenvalue weighted by Gasteiger charge is 2.04. The van der Waals surface area contributed by atoms with Gasteiger partial charge in [0, 0.05) is 37.7 Å². The predicted molar refractivity (Wildman–Crippen MR) is 93.8 cm³/mol. The number of aromatic nitrogens is 2. The average Bonchev–Trinajstić information content (AvgIpc) is 2.56. The zero-order valence-electron chi connectivity index (χ0n) is 13.7. The summed E-state index contributed by atoms with van der Waals surface area (Å²) in [5.74, 6) is 2.23. The number of anilines is 4. The molecule has 7 heteroatoms. The van der Waals surface area contributed by atoms with Crippen LogP contribution in [0.15, 0.2) is 42.1 Å². The number of hydrogen-bond acceptors (Lipinski definition) is 7. The van der Waals surface area contributed by atoms with Crippen LogP contribution in [-0.2, 0) is 0 Å². The van der Waals surface area contributed by atoms with Gasteiger partial charge in [-0.3, -0.25) is 0 Å². The van der Waals surface area contributed by atoms with Crippen molar-refractivity contribution in [1.82, 2.24) is 9.97 Å². The molecule has 0 amide bonds. The fraction of sp³-hybridized carbons (Fsp3) is 0.176. The number of nitrogens with zero attached hydrogens (tertiary/aromatic N) is 5. The predicted octanol–water partition coefficient (Wildman–Crippen LogP) is 2.94. The summed E-state index contributed by atoms with van der Waals surface area (Å²) in [6, 6.07) is 12.9. The minimum absolute atomic E-state index is 0.0184. The first-order valence-electron chi connectivity index (χ1n) is 7.19. The smallest absolute Gasteiger partial charge is 0.145 e. The molecule has 2 N–H and O–H groups in total. The lowest BCUT2D eigenvalue weighted by Gasteiger charge is -2.14. The molecule has 7 nitrogen and oxygen atoms in total. The topological polar surface area (TPSA) is 101 Å². The number of allylic oxidation sites excluding steroid dienone is 1. The molecule has 0 radical (unpaired) electrons. The molecular weight excluding hydrogens is 302 g/mol. The van der Waals surface area contributed by atoms with Gasteiger partial charge in [-0.05, 0) is 31.2 Å². The van der Waals surface area contributed by atoms with E-state index in [2.05, 4.69) is 20.6 Å². The molecule has 2 rings (SSSR count). The molecule has 0 saturated heterocycles. The van der Waals surface area contributed by atoms with Gasteiger partial charge in [0.1, 0.15) is 35.2 Å². The number of aryl methyl sites for hydroxylation is 1. The van der Waals surface area contributed by atoms with Crippen molar-refractivity contribution in [3.8, 4) is 12.1 Å². The van der Waals surface area contributed by atoms with Crippen molar-refractivity contribution in [2.75, 3.05) is 29.6 Å². The number of hydrogen-bond donors (Lipinski definition) is 2. The number of rotatable bonds is 5. The Morgan fingerprint density at radius 1 is 1.08 bits per heavy atom. The van der Waals surface area contributed by atoms with Crippen LogP contribution < -0.4 is 15.5 Å². The monoisotopic (exact) mass is 319 g/mol. The first-order valence-corrected chi connectivity index (χ1v) is 7.19. The van der Waals surface area contributed by atoms with Crippen LogP contribution in [0.4, 0.5) is 23.0 Å². The van der Waals surface area contributed by atoms with E-state index in [1.807, 2.05) is 56.3 Å². The van der Waals surface area contributed by atoms with Crippen molar-refractivity contribution in [3.05, 3.63) is 47.9 Å². The van der Waals surface area contributed by atoms with E-state index in [1.54, 1.807) is 12.1 Å². The summed E-state index contributed by atoms with van der Waals surface area (Å²) < 4.78 is 0. The normalized spacial score (nSPS) is 9.38. The Labute approximate surface area is 140 Å². The third-order valence-corrected chi connectivity index (χ3v) is 3.06. The lowest BCUT2D eigenvalue weighted by molar-refractivity contribution is 0.991. The Bertz CT molecular complexity index is 807. The molecule has 0 fully saturated rings. The zero-order chi connectivity index (χ0) is 17.5. The molecule has 24 heavy (non-hydrogen) atoms. The molecule has 2 aromatic rings. The van der Waals surface area contributed by atoms with Crippen LogP contribution in [0, 0.1) is 29.6 Å². The SMILES string of the molecule is Cc1nc(Nc2ccc(NC=C(C#N)C#N)cc2)cc(N(C)C)n1. The van der Waals surface area contributed by atoms with Crippen molar-refractivity contribution in [1.29, 1.82) is 10.5 Å². The third-order valence-electron chi connectivity index (χ3n) is 3.06. The van der Waals surface area contributed by atoms with Crippen LogP contribution in [-0.4, -0.2) is 24.1 Å². The van der Waals surface area contributed by atoms with Gasteiger partial charge in [-0.2, -0.15) is 10.5 Å². The van der Waals surface area contributed by atoms with Crippen LogP contribution in [0.1, 0.15) is 5.82 Å². The van der Waals surface area contributed by atoms with Gasteiger partial charge in [0.25, 0.3) is 0 Å². The summed E-state index contributed by atoms with van der Waals surface area (Å²) in [5, 5.41) is 23.5. The van der Waals surface area contributed by atoms with Gasteiger partial charge >= 0.3 is 0 Å². The number of nitriles is 2. The molecule has 0 saturated carbocycles. The molecule has 1 aromatic heterocycles. The van der Waals surface area contributed by atoms with Gasteiger partial charge < -0.3 is 15.5 Å². The van der Waals surface area contributed by atoms with E-state index in [0.29, 0.717) is 11.6 Å². The van der Waals surface area contributed by atoms with Gasteiger partial charge in [0.2, 0.25) is 0 Å². The molecule has 1 heterocycles. The minimum atomic E-state index is 0.0184. The fourth-order valence-corrected chi connectivity index (χ4v) is 1.89. The number of nitrogens with one attached hydrogen (secondary N) is 2. The summed E-state index contributed by atoms with van der Waals surface area (Å²) in [7, 11) is 3.85. The van der Waals surface area contributed by atoms with Crippen molar-refractivity contribution in [2.24, 2.45) is 0 Å². The van der Waals surface area contributed by atoms with E-state index in [4.69, 9.17) is 10.5 Å². The second-order valence-electron chi connectivity index (χ2n) is 5.18. The standard InChI is InChI=1S/C17H17N7/c1-12-21-16(8-17(22-12)24(2)3)23-15-6-4-14(5-7-15)20-11-13(9-18)10-19/h4-8,11,20H,1-3H3,(H,21,22,23). The number of benzene rings is 1. The largest absolute Gasteiger partial charge is 0.363 e. The van der Waals surface area contributed by atoms with Crippen LogP contribution in [0.3, 0.4) is 0 Å². The van der Waals surface area contributed by atoms with Gasteiger partial charge in [-0.15, -0.1) is 0 Å². The van der Waals surface area contributed by atoms with Crippen molar-refractivity contribution < 1.29 is 0 Å². The summed E-state index contributed by atoms with van der Waals surface area (Å²) in [6.45, 7) is 1.85. The lowest BCUT2D eigenvalue weighted by Crippen LogP contribution is -2.12. The highest BCUT2D eigenvalue weighted by atomic mass is 15.2. The molecule has 0 spiro atoms. The Kier molecular flexibility index (Phi) is 5.32. The molecule has 0 aliphatic rings. The van der Waals surface area contributed by atoms with E-state index in [-0.39, 0.29) is 5.57 Å². The molecule has 0 aliphatic carbocycles. The van der Waals surface area contributed by atoms with Crippen molar-refractivity contribution in [3.63, 3.8) is 0 Å². The first-order chi connectivity index (χ1) is 11.5. The molecular formula is C17H17N7. The molecule has 0 atom stereocenters.